The Kier molecular flexibility index (Phi) is 2.13. The van der Waals surface area contributed by atoms with Gasteiger partial charge in [-0.15, -0.1) is 0 Å². The average Bonchev–Trinajstić information content (AvgIpc) is 2.02. The minimum Gasteiger partial charge on any atom is -0.311 e. The maximum atomic E-state index is 3.73. The maximum Gasteiger partial charge on any atom is 0.0252 e. The second-order valence-corrected chi connectivity index (χ2v) is 4.91. The fourth-order valence-corrected chi connectivity index (χ4v) is 2.49. The standard InChI is InChI=1S/C10H20N2/c1-10(2)7-11-8-5-3-4-6-9(8)12-10/h8-9,11-12H,3-7H2,1-2H3. The van der Waals surface area contributed by atoms with E-state index >= 15 is 0 Å². The Morgan fingerprint density at radius 1 is 1.08 bits per heavy atom. The van der Waals surface area contributed by atoms with Gasteiger partial charge in [-0.2, -0.15) is 0 Å². The van der Waals surface area contributed by atoms with Gasteiger partial charge in [0.15, 0.2) is 0 Å². The van der Waals surface area contributed by atoms with Crippen LogP contribution in [0.3, 0.4) is 0 Å². The topological polar surface area (TPSA) is 24.1 Å². The van der Waals surface area contributed by atoms with Crippen molar-refractivity contribution >= 4 is 0 Å². The number of hydrogen-bond acceptors (Lipinski definition) is 2. The smallest absolute Gasteiger partial charge is 0.0252 e. The van der Waals surface area contributed by atoms with Crippen molar-refractivity contribution in [1.29, 1.82) is 0 Å². The molecule has 0 radical (unpaired) electrons. The van der Waals surface area contributed by atoms with E-state index in [0.29, 0.717) is 5.54 Å². The lowest BCUT2D eigenvalue weighted by Crippen LogP contribution is -2.66. The molecule has 1 heterocycles. The van der Waals surface area contributed by atoms with Gasteiger partial charge in [-0.1, -0.05) is 12.8 Å². The van der Waals surface area contributed by atoms with E-state index in [4.69, 9.17) is 0 Å². The van der Waals surface area contributed by atoms with Crippen molar-refractivity contribution in [2.24, 2.45) is 0 Å². The lowest BCUT2D eigenvalue weighted by Gasteiger charge is -2.45. The molecule has 2 nitrogen and oxygen atoms in total. The number of rotatable bonds is 0. The molecule has 2 rings (SSSR count). The molecule has 2 unspecified atom stereocenters. The lowest BCUT2D eigenvalue weighted by molar-refractivity contribution is 0.169. The third-order valence-electron chi connectivity index (χ3n) is 3.15. The second-order valence-electron chi connectivity index (χ2n) is 4.91. The molecule has 0 aromatic rings. The molecule has 1 saturated carbocycles. The molecule has 0 amide bonds. The summed E-state index contributed by atoms with van der Waals surface area (Å²) in [5, 5.41) is 7.38. The Balaban J connectivity index is 1.99. The Bertz CT molecular complexity index is 165. The Labute approximate surface area is 75.1 Å². The summed E-state index contributed by atoms with van der Waals surface area (Å²) in [6.45, 7) is 5.68. The summed E-state index contributed by atoms with van der Waals surface area (Å²) < 4.78 is 0. The lowest BCUT2D eigenvalue weighted by atomic mass is 9.85. The monoisotopic (exact) mass is 168 g/mol. The van der Waals surface area contributed by atoms with Crippen molar-refractivity contribution in [2.75, 3.05) is 6.54 Å². The van der Waals surface area contributed by atoms with Crippen LogP contribution in [0, 0.1) is 0 Å². The van der Waals surface area contributed by atoms with E-state index in [1.165, 1.54) is 25.7 Å². The summed E-state index contributed by atoms with van der Waals surface area (Å²) >= 11 is 0. The third kappa shape index (κ3) is 1.64. The van der Waals surface area contributed by atoms with E-state index in [2.05, 4.69) is 24.5 Å². The maximum absolute atomic E-state index is 3.73. The molecule has 2 fully saturated rings. The molecule has 2 aliphatic rings. The first-order chi connectivity index (χ1) is 5.67. The number of nitrogens with one attached hydrogen (secondary N) is 2. The summed E-state index contributed by atoms with van der Waals surface area (Å²) in [7, 11) is 0. The van der Waals surface area contributed by atoms with Crippen molar-refractivity contribution in [3.05, 3.63) is 0 Å². The van der Waals surface area contributed by atoms with E-state index in [1.54, 1.807) is 0 Å². The highest BCUT2D eigenvalue weighted by atomic mass is 15.1. The van der Waals surface area contributed by atoms with Crippen LogP contribution in [0.1, 0.15) is 39.5 Å². The highest BCUT2D eigenvalue weighted by molar-refractivity contribution is 4.98. The molecular weight excluding hydrogens is 148 g/mol. The second kappa shape index (κ2) is 3.00. The zero-order valence-electron chi connectivity index (χ0n) is 8.19. The fourth-order valence-electron chi connectivity index (χ4n) is 2.49. The summed E-state index contributed by atoms with van der Waals surface area (Å²) in [5.41, 5.74) is 0.304. The van der Waals surface area contributed by atoms with Gasteiger partial charge in [-0.05, 0) is 26.7 Å². The highest BCUT2D eigenvalue weighted by Gasteiger charge is 2.34. The quantitative estimate of drug-likeness (QED) is 0.569. The number of fused-ring (bicyclic) bond motifs is 1. The first-order valence-electron chi connectivity index (χ1n) is 5.18. The van der Waals surface area contributed by atoms with Gasteiger partial charge in [0.05, 0.1) is 0 Å². The molecule has 1 saturated heterocycles. The summed E-state index contributed by atoms with van der Waals surface area (Å²) in [6.07, 6.45) is 5.55. The Morgan fingerprint density at radius 2 is 1.75 bits per heavy atom. The van der Waals surface area contributed by atoms with Crippen molar-refractivity contribution in [2.45, 2.75) is 57.2 Å². The first kappa shape index (κ1) is 8.52. The van der Waals surface area contributed by atoms with E-state index in [1.807, 2.05) is 0 Å². The average molecular weight is 168 g/mol. The SMILES string of the molecule is CC1(C)CNC2CCCCC2N1. The van der Waals surface area contributed by atoms with E-state index < -0.39 is 0 Å². The molecule has 70 valence electrons. The van der Waals surface area contributed by atoms with Gasteiger partial charge >= 0.3 is 0 Å². The molecule has 0 spiro atoms. The number of hydrogen-bond donors (Lipinski definition) is 2. The Hall–Kier alpha value is -0.0800. The molecular formula is C10H20N2. The van der Waals surface area contributed by atoms with Crippen molar-refractivity contribution < 1.29 is 0 Å². The van der Waals surface area contributed by atoms with Crippen LogP contribution in [0.4, 0.5) is 0 Å². The molecule has 12 heavy (non-hydrogen) atoms. The van der Waals surface area contributed by atoms with Gasteiger partial charge in [0, 0.05) is 24.2 Å². The van der Waals surface area contributed by atoms with Crippen LogP contribution in [0.2, 0.25) is 0 Å². The predicted octanol–water partition coefficient (Wildman–Crippen LogP) is 1.27. The van der Waals surface area contributed by atoms with Gasteiger partial charge in [-0.3, -0.25) is 0 Å². The predicted molar refractivity (Wildman–Crippen MR) is 51.3 cm³/mol. The summed E-state index contributed by atoms with van der Waals surface area (Å²) in [5.74, 6) is 0. The van der Waals surface area contributed by atoms with Crippen LogP contribution in [0.25, 0.3) is 0 Å². The zero-order chi connectivity index (χ0) is 8.60. The molecule has 0 bridgehead atoms. The molecule has 1 aliphatic heterocycles. The van der Waals surface area contributed by atoms with E-state index in [-0.39, 0.29) is 0 Å². The van der Waals surface area contributed by atoms with Crippen LogP contribution in [-0.4, -0.2) is 24.2 Å². The van der Waals surface area contributed by atoms with Crippen LogP contribution in [0.15, 0.2) is 0 Å². The molecule has 2 heteroatoms. The number of piperazine rings is 1. The van der Waals surface area contributed by atoms with Crippen molar-refractivity contribution in [1.82, 2.24) is 10.6 Å². The normalized spacial score (nSPS) is 40.5. The third-order valence-corrected chi connectivity index (χ3v) is 3.15. The highest BCUT2D eigenvalue weighted by Crippen LogP contribution is 2.23. The minimum absolute atomic E-state index is 0.304. The van der Waals surface area contributed by atoms with Crippen molar-refractivity contribution in [3.8, 4) is 0 Å². The largest absolute Gasteiger partial charge is 0.311 e. The first-order valence-corrected chi connectivity index (χ1v) is 5.18. The minimum atomic E-state index is 0.304. The molecule has 0 aromatic carbocycles. The van der Waals surface area contributed by atoms with Gasteiger partial charge in [0.2, 0.25) is 0 Å². The fraction of sp³-hybridized carbons (Fsp3) is 1.00. The summed E-state index contributed by atoms with van der Waals surface area (Å²) in [6, 6.07) is 1.49. The van der Waals surface area contributed by atoms with Gasteiger partial charge < -0.3 is 10.6 Å². The molecule has 1 aliphatic carbocycles. The van der Waals surface area contributed by atoms with E-state index in [9.17, 15) is 0 Å². The van der Waals surface area contributed by atoms with Gasteiger partial charge in [0.1, 0.15) is 0 Å². The Morgan fingerprint density at radius 3 is 2.50 bits per heavy atom. The van der Waals surface area contributed by atoms with Crippen LogP contribution in [-0.2, 0) is 0 Å². The van der Waals surface area contributed by atoms with Gasteiger partial charge in [0.25, 0.3) is 0 Å². The molecule has 2 atom stereocenters. The van der Waals surface area contributed by atoms with Crippen LogP contribution < -0.4 is 10.6 Å². The van der Waals surface area contributed by atoms with Crippen molar-refractivity contribution in [3.63, 3.8) is 0 Å². The zero-order valence-corrected chi connectivity index (χ0v) is 8.19. The summed E-state index contributed by atoms with van der Waals surface area (Å²) in [4.78, 5) is 0. The molecule has 2 N–H and O–H groups in total. The molecule has 0 aromatic heterocycles. The van der Waals surface area contributed by atoms with Gasteiger partial charge in [-0.25, -0.2) is 0 Å². The van der Waals surface area contributed by atoms with Crippen LogP contribution in [0.5, 0.6) is 0 Å². The van der Waals surface area contributed by atoms with E-state index in [0.717, 1.165) is 18.6 Å². The van der Waals surface area contributed by atoms with Crippen LogP contribution >= 0.6 is 0 Å².